The van der Waals surface area contributed by atoms with Gasteiger partial charge in [-0.15, -0.1) is 0 Å². The highest BCUT2D eigenvalue weighted by Crippen LogP contribution is 2.26. The van der Waals surface area contributed by atoms with Gasteiger partial charge in [0, 0.05) is 37.3 Å². The highest BCUT2D eigenvalue weighted by atomic mass is 16.1. The molecule has 0 spiro atoms. The lowest BCUT2D eigenvalue weighted by atomic mass is 9.87. The van der Waals surface area contributed by atoms with E-state index in [1.165, 1.54) is 11.3 Å². The molecule has 1 aromatic rings. The van der Waals surface area contributed by atoms with Crippen molar-refractivity contribution in [2.45, 2.75) is 64.5 Å². The molecule has 0 aromatic heterocycles. The van der Waals surface area contributed by atoms with Gasteiger partial charge in [-0.25, -0.2) is 0 Å². The van der Waals surface area contributed by atoms with Crippen molar-refractivity contribution in [3.63, 3.8) is 0 Å². The predicted molar refractivity (Wildman–Crippen MR) is 96.8 cm³/mol. The highest BCUT2D eigenvalue weighted by molar-refractivity contribution is 5.76. The summed E-state index contributed by atoms with van der Waals surface area (Å²) in [6.07, 6.45) is 2.39. The fraction of sp³-hybridized carbons (Fsp3) is 0.632. The van der Waals surface area contributed by atoms with E-state index in [-0.39, 0.29) is 23.4 Å². The van der Waals surface area contributed by atoms with Gasteiger partial charge in [0.25, 0.3) is 0 Å². The number of piperidine rings is 1. The quantitative estimate of drug-likeness (QED) is 0.898. The second-order valence-electron chi connectivity index (χ2n) is 7.81. The van der Waals surface area contributed by atoms with Crippen molar-refractivity contribution in [3.8, 4) is 0 Å². The Labute approximate surface area is 140 Å². The van der Waals surface area contributed by atoms with Gasteiger partial charge in [-0.2, -0.15) is 0 Å². The first-order valence-electron chi connectivity index (χ1n) is 8.66. The van der Waals surface area contributed by atoms with Crippen molar-refractivity contribution in [2.75, 3.05) is 18.0 Å². The van der Waals surface area contributed by atoms with Gasteiger partial charge >= 0.3 is 0 Å². The fourth-order valence-electron chi connectivity index (χ4n) is 3.03. The molecular formula is C19H31N3O. The second kappa shape index (κ2) is 7.35. The molecule has 1 unspecified atom stereocenters. The summed E-state index contributed by atoms with van der Waals surface area (Å²) in [5.41, 5.74) is 8.50. The van der Waals surface area contributed by atoms with Crippen LogP contribution in [0.5, 0.6) is 0 Å². The van der Waals surface area contributed by atoms with Gasteiger partial charge in [0.15, 0.2) is 0 Å². The van der Waals surface area contributed by atoms with E-state index in [9.17, 15) is 4.79 Å². The van der Waals surface area contributed by atoms with E-state index >= 15 is 0 Å². The summed E-state index contributed by atoms with van der Waals surface area (Å²) in [6.45, 7) is 10.5. The zero-order valence-electron chi connectivity index (χ0n) is 14.9. The van der Waals surface area contributed by atoms with Crippen LogP contribution in [0.3, 0.4) is 0 Å². The van der Waals surface area contributed by atoms with Crippen molar-refractivity contribution >= 4 is 11.6 Å². The van der Waals surface area contributed by atoms with Crippen molar-refractivity contribution in [3.05, 3.63) is 29.8 Å². The summed E-state index contributed by atoms with van der Waals surface area (Å²) in [7, 11) is 0. The van der Waals surface area contributed by atoms with Crippen LogP contribution in [0.2, 0.25) is 0 Å². The number of hydrogen-bond acceptors (Lipinski definition) is 3. The SMILES string of the molecule is CC(N)CC(=O)NC1CCN(c2ccc(C(C)(C)C)cc2)CC1. The first-order chi connectivity index (χ1) is 10.8. The van der Waals surface area contributed by atoms with Crippen LogP contribution >= 0.6 is 0 Å². The average Bonchev–Trinajstić information content (AvgIpc) is 2.46. The zero-order chi connectivity index (χ0) is 17.0. The summed E-state index contributed by atoms with van der Waals surface area (Å²) in [6, 6.07) is 9.10. The molecule has 1 atom stereocenters. The van der Waals surface area contributed by atoms with E-state index in [4.69, 9.17) is 5.73 Å². The molecule has 2 rings (SSSR count). The third-order valence-electron chi connectivity index (χ3n) is 4.47. The standard InChI is InChI=1S/C19H31N3O/c1-14(20)13-18(23)21-16-9-11-22(12-10-16)17-7-5-15(6-8-17)19(2,3)4/h5-8,14,16H,9-13,20H2,1-4H3,(H,21,23). The number of amides is 1. The van der Waals surface area contributed by atoms with Crippen LogP contribution in [0, 0.1) is 0 Å². The Morgan fingerprint density at radius 3 is 2.30 bits per heavy atom. The van der Waals surface area contributed by atoms with Crippen molar-refractivity contribution < 1.29 is 4.79 Å². The highest BCUT2D eigenvalue weighted by Gasteiger charge is 2.21. The van der Waals surface area contributed by atoms with E-state index in [1.807, 2.05) is 6.92 Å². The minimum atomic E-state index is -0.0728. The Kier molecular flexibility index (Phi) is 5.69. The Balaban J connectivity index is 1.86. The van der Waals surface area contributed by atoms with Gasteiger partial charge in [0.2, 0.25) is 5.91 Å². The van der Waals surface area contributed by atoms with Gasteiger partial charge in [-0.1, -0.05) is 32.9 Å². The number of nitrogens with one attached hydrogen (secondary N) is 1. The number of carbonyl (C=O) groups is 1. The average molecular weight is 317 g/mol. The minimum absolute atomic E-state index is 0.0728. The Bertz CT molecular complexity index is 508. The molecule has 3 N–H and O–H groups in total. The number of benzene rings is 1. The largest absolute Gasteiger partial charge is 0.371 e. The molecule has 1 saturated heterocycles. The van der Waals surface area contributed by atoms with Crippen molar-refractivity contribution in [1.29, 1.82) is 0 Å². The Morgan fingerprint density at radius 1 is 1.26 bits per heavy atom. The molecule has 0 bridgehead atoms. The normalized spacial score (nSPS) is 17.9. The smallest absolute Gasteiger partial charge is 0.221 e. The molecule has 23 heavy (non-hydrogen) atoms. The van der Waals surface area contributed by atoms with E-state index in [0.717, 1.165) is 25.9 Å². The first kappa shape index (κ1) is 17.8. The van der Waals surface area contributed by atoms with E-state index in [2.05, 4.69) is 55.3 Å². The second-order valence-corrected chi connectivity index (χ2v) is 7.81. The number of nitrogens with zero attached hydrogens (tertiary/aromatic N) is 1. The molecule has 0 aliphatic carbocycles. The molecule has 0 radical (unpaired) electrons. The third kappa shape index (κ3) is 5.24. The maximum absolute atomic E-state index is 11.8. The summed E-state index contributed by atoms with van der Waals surface area (Å²) < 4.78 is 0. The van der Waals surface area contributed by atoms with Crippen molar-refractivity contribution in [1.82, 2.24) is 5.32 Å². The zero-order valence-corrected chi connectivity index (χ0v) is 14.9. The maximum Gasteiger partial charge on any atom is 0.221 e. The third-order valence-corrected chi connectivity index (χ3v) is 4.47. The maximum atomic E-state index is 11.8. The lowest BCUT2D eigenvalue weighted by Crippen LogP contribution is -2.45. The first-order valence-corrected chi connectivity index (χ1v) is 8.66. The predicted octanol–water partition coefficient (Wildman–Crippen LogP) is 2.81. The van der Waals surface area contributed by atoms with Gasteiger partial charge in [-0.3, -0.25) is 4.79 Å². The molecule has 4 nitrogen and oxygen atoms in total. The van der Waals surface area contributed by atoms with Gasteiger partial charge in [0.05, 0.1) is 0 Å². The molecule has 128 valence electrons. The van der Waals surface area contributed by atoms with Crippen LogP contribution in [0.25, 0.3) is 0 Å². The van der Waals surface area contributed by atoms with Crippen LogP contribution in [0.15, 0.2) is 24.3 Å². The van der Waals surface area contributed by atoms with E-state index < -0.39 is 0 Å². The number of rotatable bonds is 4. The van der Waals surface area contributed by atoms with Crippen LogP contribution in [-0.4, -0.2) is 31.1 Å². The lowest BCUT2D eigenvalue weighted by Gasteiger charge is -2.34. The summed E-state index contributed by atoms with van der Waals surface area (Å²) in [4.78, 5) is 14.2. The monoisotopic (exact) mass is 317 g/mol. The molecule has 1 aliphatic heterocycles. The minimum Gasteiger partial charge on any atom is -0.371 e. The lowest BCUT2D eigenvalue weighted by molar-refractivity contribution is -0.122. The van der Waals surface area contributed by atoms with E-state index in [1.54, 1.807) is 0 Å². The van der Waals surface area contributed by atoms with Gasteiger partial charge < -0.3 is 16.0 Å². The summed E-state index contributed by atoms with van der Waals surface area (Å²) in [5.74, 6) is 0.0768. The molecule has 1 amide bonds. The van der Waals surface area contributed by atoms with E-state index in [0.29, 0.717) is 6.42 Å². The molecule has 1 heterocycles. The van der Waals surface area contributed by atoms with Gasteiger partial charge in [0.1, 0.15) is 0 Å². The molecule has 1 fully saturated rings. The van der Waals surface area contributed by atoms with Crippen LogP contribution < -0.4 is 16.0 Å². The number of nitrogens with two attached hydrogens (primary N) is 1. The topological polar surface area (TPSA) is 58.4 Å². The molecule has 0 saturated carbocycles. The molecule has 1 aliphatic rings. The number of anilines is 1. The van der Waals surface area contributed by atoms with Crippen LogP contribution in [0.4, 0.5) is 5.69 Å². The summed E-state index contributed by atoms with van der Waals surface area (Å²) in [5, 5.41) is 3.11. The molecule has 4 heteroatoms. The fourth-order valence-corrected chi connectivity index (χ4v) is 3.03. The Morgan fingerprint density at radius 2 is 1.83 bits per heavy atom. The summed E-state index contributed by atoms with van der Waals surface area (Å²) >= 11 is 0. The van der Waals surface area contributed by atoms with Gasteiger partial charge in [-0.05, 0) is 42.9 Å². The van der Waals surface area contributed by atoms with Crippen LogP contribution in [-0.2, 0) is 10.2 Å². The van der Waals surface area contributed by atoms with Crippen LogP contribution in [0.1, 0.15) is 52.5 Å². The molecular weight excluding hydrogens is 286 g/mol. The number of carbonyl (C=O) groups excluding carboxylic acids is 1. The Hall–Kier alpha value is -1.55. The molecule has 1 aromatic carbocycles. The van der Waals surface area contributed by atoms with Crippen molar-refractivity contribution in [2.24, 2.45) is 5.73 Å². The number of hydrogen-bond donors (Lipinski definition) is 2.